The maximum atomic E-state index is 6.26. The molecule has 2 nitrogen and oxygen atoms in total. The first-order valence-electron chi connectivity index (χ1n) is 6.39. The zero-order valence-corrected chi connectivity index (χ0v) is 11.7. The quantitative estimate of drug-likeness (QED) is 0.590. The topological polar surface area (TPSA) is 29.3 Å². The van der Waals surface area contributed by atoms with Crippen molar-refractivity contribution in [1.82, 2.24) is 5.01 Å². The van der Waals surface area contributed by atoms with E-state index >= 15 is 0 Å². The van der Waals surface area contributed by atoms with Gasteiger partial charge in [0.1, 0.15) is 0 Å². The molecule has 0 bridgehead atoms. The average molecular weight is 244 g/mol. The lowest BCUT2D eigenvalue weighted by Gasteiger charge is -2.33. The van der Waals surface area contributed by atoms with Crippen LogP contribution in [0.25, 0.3) is 0 Å². The summed E-state index contributed by atoms with van der Waals surface area (Å²) >= 11 is 0. The van der Waals surface area contributed by atoms with E-state index in [0.717, 1.165) is 12.1 Å². The van der Waals surface area contributed by atoms with Gasteiger partial charge in [0.25, 0.3) is 0 Å². The molecule has 0 amide bonds. The zero-order chi connectivity index (χ0) is 13.8. The number of rotatable bonds is 5. The van der Waals surface area contributed by atoms with Crippen molar-refractivity contribution in [2.75, 3.05) is 0 Å². The smallest absolute Gasteiger partial charge is 0.0730 e. The summed E-state index contributed by atoms with van der Waals surface area (Å²) in [6.45, 7) is 14.1. The van der Waals surface area contributed by atoms with Crippen LogP contribution in [0.15, 0.2) is 60.9 Å². The van der Waals surface area contributed by atoms with Crippen LogP contribution in [0.3, 0.4) is 0 Å². The Balaban J connectivity index is 3.33. The second-order valence-corrected chi connectivity index (χ2v) is 4.75. The normalized spacial score (nSPS) is 28.7. The fourth-order valence-corrected chi connectivity index (χ4v) is 2.61. The van der Waals surface area contributed by atoms with Gasteiger partial charge < -0.3 is 5.01 Å². The SMILES string of the molecule is C=C/C=C\C1N(N)C(/C=C\C)=C(C=C)C1(C)CC. The Bertz CT molecular complexity index is 415. The highest BCUT2D eigenvalue weighted by atomic mass is 15.4. The van der Waals surface area contributed by atoms with Gasteiger partial charge >= 0.3 is 0 Å². The Morgan fingerprint density at radius 1 is 1.44 bits per heavy atom. The van der Waals surface area contributed by atoms with Crippen LogP contribution >= 0.6 is 0 Å². The third-order valence-electron chi connectivity index (χ3n) is 3.81. The Kier molecular flexibility index (Phi) is 4.74. The monoisotopic (exact) mass is 244 g/mol. The summed E-state index contributed by atoms with van der Waals surface area (Å²) in [6.07, 6.45) is 12.8. The molecule has 98 valence electrons. The fraction of sp³-hybridized carbons (Fsp3) is 0.375. The van der Waals surface area contributed by atoms with Crippen LogP contribution in [0.4, 0.5) is 0 Å². The molecular weight excluding hydrogens is 220 g/mol. The molecule has 0 aromatic carbocycles. The molecule has 2 heteroatoms. The summed E-state index contributed by atoms with van der Waals surface area (Å²) in [7, 11) is 0. The van der Waals surface area contributed by atoms with E-state index in [2.05, 4.69) is 33.1 Å². The number of hydrogen-bond acceptors (Lipinski definition) is 2. The van der Waals surface area contributed by atoms with Gasteiger partial charge in [-0.3, -0.25) is 0 Å². The number of nitrogens with two attached hydrogens (primary N) is 1. The minimum Gasteiger partial charge on any atom is -0.303 e. The van der Waals surface area contributed by atoms with Crippen LogP contribution in [0.1, 0.15) is 27.2 Å². The first-order chi connectivity index (χ1) is 8.56. The average Bonchev–Trinajstić information content (AvgIpc) is 2.57. The molecule has 0 saturated carbocycles. The van der Waals surface area contributed by atoms with Crippen LogP contribution in [0.2, 0.25) is 0 Å². The van der Waals surface area contributed by atoms with E-state index < -0.39 is 0 Å². The summed E-state index contributed by atoms with van der Waals surface area (Å²) in [6, 6.07) is 0.139. The van der Waals surface area contributed by atoms with Crippen LogP contribution < -0.4 is 5.84 Å². The minimum atomic E-state index is -0.00907. The second-order valence-electron chi connectivity index (χ2n) is 4.75. The molecule has 18 heavy (non-hydrogen) atoms. The van der Waals surface area contributed by atoms with Crippen molar-refractivity contribution in [1.29, 1.82) is 0 Å². The highest BCUT2D eigenvalue weighted by Gasteiger charge is 2.44. The van der Waals surface area contributed by atoms with E-state index in [-0.39, 0.29) is 11.5 Å². The number of allylic oxidation sites excluding steroid dienone is 5. The summed E-state index contributed by atoms with van der Waals surface area (Å²) < 4.78 is 0. The molecule has 1 aliphatic heterocycles. The Morgan fingerprint density at radius 2 is 2.11 bits per heavy atom. The maximum absolute atomic E-state index is 6.26. The molecule has 2 N–H and O–H groups in total. The van der Waals surface area contributed by atoms with Crippen LogP contribution in [-0.2, 0) is 0 Å². The third-order valence-corrected chi connectivity index (χ3v) is 3.81. The van der Waals surface area contributed by atoms with Crippen molar-refractivity contribution >= 4 is 0 Å². The number of hydrogen-bond donors (Lipinski definition) is 1. The molecule has 1 aliphatic rings. The van der Waals surface area contributed by atoms with E-state index in [9.17, 15) is 0 Å². The molecule has 0 fully saturated rings. The third kappa shape index (κ3) is 2.21. The van der Waals surface area contributed by atoms with Crippen molar-refractivity contribution < 1.29 is 0 Å². The summed E-state index contributed by atoms with van der Waals surface area (Å²) in [4.78, 5) is 0. The molecule has 0 radical (unpaired) electrons. The van der Waals surface area contributed by atoms with Gasteiger partial charge in [-0.25, -0.2) is 5.84 Å². The highest BCUT2D eigenvalue weighted by molar-refractivity contribution is 5.44. The van der Waals surface area contributed by atoms with Crippen molar-refractivity contribution in [3.8, 4) is 0 Å². The summed E-state index contributed by atoms with van der Waals surface area (Å²) in [5.41, 5.74) is 2.25. The molecule has 1 heterocycles. The van der Waals surface area contributed by atoms with Crippen molar-refractivity contribution in [2.24, 2.45) is 11.3 Å². The van der Waals surface area contributed by atoms with Gasteiger partial charge in [0.05, 0.1) is 11.7 Å². The van der Waals surface area contributed by atoms with Gasteiger partial charge in [0.2, 0.25) is 0 Å². The molecule has 2 atom stereocenters. The van der Waals surface area contributed by atoms with Gasteiger partial charge in [0.15, 0.2) is 0 Å². The van der Waals surface area contributed by atoms with E-state index in [1.165, 1.54) is 5.57 Å². The highest BCUT2D eigenvalue weighted by Crippen LogP contribution is 2.46. The lowest BCUT2D eigenvalue weighted by Crippen LogP contribution is -2.42. The van der Waals surface area contributed by atoms with E-state index in [0.29, 0.717) is 0 Å². The first kappa shape index (κ1) is 14.5. The van der Waals surface area contributed by atoms with Crippen LogP contribution in [0.5, 0.6) is 0 Å². The van der Waals surface area contributed by atoms with Crippen molar-refractivity contribution in [3.63, 3.8) is 0 Å². The van der Waals surface area contributed by atoms with Gasteiger partial charge in [-0.1, -0.05) is 57.4 Å². The number of nitrogens with zero attached hydrogens (tertiary/aromatic N) is 1. The fourth-order valence-electron chi connectivity index (χ4n) is 2.61. The largest absolute Gasteiger partial charge is 0.303 e. The lowest BCUT2D eigenvalue weighted by atomic mass is 9.75. The second kappa shape index (κ2) is 5.87. The van der Waals surface area contributed by atoms with Gasteiger partial charge in [-0.15, -0.1) is 0 Å². The predicted molar refractivity (Wildman–Crippen MR) is 79.6 cm³/mol. The van der Waals surface area contributed by atoms with Gasteiger partial charge in [-0.05, 0) is 25.0 Å². The van der Waals surface area contributed by atoms with Crippen LogP contribution in [-0.4, -0.2) is 11.1 Å². The molecule has 0 spiro atoms. The maximum Gasteiger partial charge on any atom is 0.0730 e. The molecule has 0 saturated heterocycles. The standard InChI is InChI=1S/C16H24N2/c1-6-10-12-15-16(5,9-4)13(8-3)14(11-7-2)18(15)17/h6-8,10-12,15H,1,3,9,17H2,2,4-5H3/b11-7-,12-10-. The molecular formula is C16H24N2. The Labute approximate surface area is 111 Å². The van der Waals surface area contributed by atoms with Gasteiger partial charge in [-0.2, -0.15) is 0 Å². The summed E-state index contributed by atoms with van der Waals surface area (Å²) in [5, 5.41) is 1.83. The molecule has 0 aliphatic carbocycles. The van der Waals surface area contributed by atoms with Crippen molar-refractivity contribution in [2.45, 2.75) is 33.2 Å². The predicted octanol–water partition coefficient (Wildman–Crippen LogP) is 3.72. The minimum absolute atomic E-state index is 0.00907. The van der Waals surface area contributed by atoms with E-state index in [1.54, 1.807) is 6.08 Å². The molecule has 0 aromatic rings. The molecule has 2 unspecified atom stereocenters. The zero-order valence-electron chi connectivity index (χ0n) is 11.7. The van der Waals surface area contributed by atoms with Crippen LogP contribution in [0, 0.1) is 5.41 Å². The molecule has 1 rings (SSSR count). The first-order valence-corrected chi connectivity index (χ1v) is 6.39. The summed E-state index contributed by atoms with van der Waals surface area (Å²) in [5.74, 6) is 6.26. The number of hydrazine groups is 1. The van der Waals surface area contributed by atoms with E-state index in [1.807, 2.05) is 36.2 Å². The lowest BCUT2D eigenvalue weighted by molar-refractivity contribution is 0.218. The molecule has 0 aromatic heterocycles. The Hall–Kier alpha value is -1.54. The van der Waals surface area contributed by atoms with E-state index in [4.69, 9.17) is 5.84 Å². The van der Waals surface area contributed by atoms with Gasteiger partial charge in [0, 0.05) is 5.41 Å². The van der Waals surface area contributed by atoms with Crippen molar-refractivity contribution in [3.05, 3.63) is 60.9 Å². The Morgan fingerprint density at radius 3 is 2.56 bits per heavy atom.